The van der Waals surface area contributed by atoms with Gasteiger partial charge in [0.15, 0.2) is 16.6 Å². The summed E-state index contributed by atoms with van der Waals surface area (Å²) >= 11 is 5.31. The lowest BCUT2D eigenvalue weighted by molar-refractivity contribution is -0.113. The number of carbonyl (C=O) groups is 1. The molecule has 4 N–H and O–H groups in total. The summed E-state index contributed by atoms with van der Waals surface area (Å²) in [6.45, 7) is 4.00. The monoisotopic (exact) mass is 443 g/mol. The van der Waals surface area contributed by atoms with E-state index in [0.717, 1.165) is 0 Å². The van der Waals surface area contributed by atoms with E-state index in [4.69, 9.17) is 26.4 Å². The number of phenolic OH excluding ortho intramolecular Hbond substituents is 1. The van der Waals surface area contributed by atoms with Crippen LogP contribution in [0.25, 0.3) is 0 Å². The maximum atomic E-state index is 13.3. The van der Waals surface area contributed by atoms with Crippen molar-refractivity contribution in [1.82, 2.24) is 10.6 Å². The van der Waals surface area contributed by atoms with Gasteiger partial charge in [0.25, 0.3) is 5.91 Å². The van der Waals surface area contributed by atoms with Crippen molar-refractivity contribution in [3.05, 3.63) is 53.2 Å². The normalized spacial score (nSPS) is 15.6. The minimum Gasteiger partial charge on any atom is -0.504 e. The molecule has 8 nitrogen and oxygen atoms in total. The fourth-order valence-corrected chi connectivity index (χ4v) is 3.60. The SMILES string of the molecule is CCOc1cc([C@@H]2NC(=S)NC(C)=C2C(=O)Nc2cc(OC)ccc2OC)ccc1O. The van der Waals surface area contributed by atoms with Crippen molar-refractivity contribution in [3.8, 4) is 23.0 Å². The second-order valence-corrected chi connectivity index (χ2v) is 7.16. The maximum absolute atomic E-state index is 13.3. The van der Waals surface area contributed by atoms with E-state index in [9.17, 15) is 9.90 Å². The van der Waals surface area contributed by atoms with E-state index in [2.05, 4.69) is 16.0 Å². The maximum Gasteiger partial charge on any atom is 0.255 e. The van der Waals surface area contributed by atoms with Gasteiger partial charge >= 0.3 is 0 Å². The fraction of sp³-hybridized carbons (Fsp3) is 0.273. The third kappa shape index (κ3) is 4.83. The number of allylic oxidation sites excluding steroid dienone is 1. The molecule has 31 heavy (non-hydrogen) atoms. The zero-order chi connectivity index (χ0) is 22.5. The first-order valence-electron chi connectivity index (χ1n) is 9.65. The summed E-state index contributed by atoms with van der Waals surface area (Å²) in [5, 5.41) is 19.5. The lowest BCUT2D eigenvalue weighted by Crippen LogP contribution is -2.45. The topological polar surface area (TPSA) is 101 Å². The highest BCUT2D eigenvalue weighted by Crippen LogP contribution is 2.35. The summed E-state index contributed by atoms with van der Waals surface area (Å²) in [4.78, 5) is 13.3. The Morgan fingerprint density at radius 1 is 1.16 bits per heavy atom. The third-order valence-electron chi connectivity index (χ3n) is 4.79. The van der Waals surface area contributed by atoms with Gasteiger partial charge in [-0.3, -0.25) is 4.79 Å². The lowest BCUT2D eigenvalue weighted by atomic mass is 9.94. The number of nitrogens with one attached hydrogen (secondary N) is 3. The molecular weight excluding hydrogens is 418 g/mol. The van der Waals surface area contributed by atoms with Crippen LogP contribution in [0.15, 0.2) is 47.7 Å². The summed E-state index contributed by atoms with van der Waals surface area (Å²) in [6, 6.07) is 9.54. The number of anilines is 1. The van der Waals surface area contributed by atoms with Gasteiger partial charge in [-0.15, -0.1) is 0 Å². The molecule has 164 valence electrons. The lowest BCUT2D eigenvalue weighted by Gasteiger charge is -2.30. The molecule has 0 saturated carbocycles. The molecule has 0 fully saturated rings. The van der Waals surface area contributed by atoms with Crippen molar-refractivity contribution in [3.63, 3.8) is 0 Å². The van der Waals surface area contributed by atoms with E-state index in [1.54, 1.807) is 44.4 Å². The van der Waals surface area contributed by atoms with Gasteiger partial charge < -0.3 is 35.3 Å². The summed E-state index contributed by atoms with van der Waals surface area (Å²) < 4.78 is 16.1. The molecule has 0 saturated heterocycles. The van der Waals surface area contributed by atoms with Gasteiger partial charge in [0.2, 0.25) is 0 Å². The molecule has 0 spiro atoms. The average Bonchev–Trinajstić information content (AvgIpc) is 2.74. The Hall–Kier alpha value is -3.46. The van der Waals surface area contributed by atoms with Crippen molar-refractivity contribution in [2.75, 3.05) is 26.1 Å². The summed E-state index contributed by atoms with van der Waals surface area (Å²) in [5.74, 6) is 1.09. The van der Waals surface area contributed by atoms with Gasteiger partial charge in [0.1, 0.15) is 11.5 Å². The number of aromatic hydroxyl groups is 1. The Morgan fingerprint density at radius 2 is 1.94 bits per heavy atom. The molecule has 0 aliphatic carbocycles. The van der Waals surface area contributed by atoms with Gasteiger partial charge in [0, 0.05) is 11.8 Å². The van der Waals surface area contributed by atoms with Gasteiger partial charge in [-0.25, -0.2) is 0 Å². The zero-order valence-electron chi connectivity index (χ0n) is 17.7. The highest BCUT2D eigenvalue weighted by molar-refractivity contribution is 7.80. The summed E-state index contributed by atoms with van der Waals surface area (Å²) in [5.41, 5.74) is 2.23. The number of phenols is 1. The molecule has 1 atom stereocenters. The van der Waals surface area contributed by atoms with Crippen LogP contribution >= 0.6 is 12.2 Å². The Kier molecular flexibility index (Phi) is 6.86. The predicted octanol–water partition coefficient (Wildman–Crippen LogP) is 3.24. The molecule has 2 aromatic carbocycles. The standard InChI is InChI=1S/C22H25N3O5S/c1-5-30-18-10-13(6-8-16(18)26)20-19(12(2)23-22(31)25-20)21(27)24-15-11-14(28-3)7-9-17(15)29-4/h6-11,20,26H,5H2,1-4H3,(H,24,27)(H2,23,25,31)/t20-/m0/s1. The van der Waals surface area contributed by atoms with Crippen LogP contribution in [0.3, 0.4) is 0 Å². The van der Waals surface area contributed by atoms with Crippen LogP contribution in [-0.2, 0) is 4.79 Å². The first-order chi connectivity index (χ1) is 14.9. The fourth-order valence-electron chi connectivity index (χ4n) is 3.33. The van der Waals surface area contributed by atoms with Crippen LogP contribution in [0, 0.1) is 0 Å². The van der Waals surface area contributed by atoms with Crippen LogP contribution in [-0.4, -0.2) is 37.0 Å². The van der Waals surface area contributed by atoms with Gasteiger partial charge in [-0.1, -0.05) is 6.07 Å². The number of hydrogen-bond donors (Lipinski definition) is 4. The van der Waals surface area contributed by atoms with Crippen LogP contribution in [0.5, 0.6) is 23.0 Å². The molecule has 2 aromatic rings. The Bertz CT molecular complexity index is 1040. The number of ether oxygens (including phenoxy) is 3. The highest BCUT2D eigenvalue weighted by Gasteiger charge is 2.31. The smallest absolute Gasteiger partial charge is 0.255 e. The largest absolute Gasteiger partial charge is 0.504 e. The number of hydrogen-bond acceptors (Lipinski definition) is 6. The number of carbonyl (C=O) groups excluding carboxylic acids is 1. The Morgan fingerprint density at radius 3 is 2.61 bits per heavy atom. The van der Waals surface area contributed by atoms with Crippen LogP contribution < -0.4 is 30.2 Å². The predicted molar refractivity (Wildman–Crippen MR) is 122 cm³/mol. The van der Waals surface area contributed by atoms with E-state index in [1.165, 1.54) is 13.2 Å². The number of benzene rings is 2. The molecule has 9 heteroatoms. The minimum absolute atomic E-state index is 0.0231. The van der Waals surface area contributed by atoms with Crippen LogP contribution in [0.1, 0.15) is 25.5 Å². The molecule has 0 radical (unpaired) electrons. The molecule has 1 amide bonds. The number of methoxy groups -OCH3 is 2. The third-order valence-corrected chi connectivity index (χ3v) is 5.01. The van der Waals surface area contributed by atoms with E-state index < -0.39 is 6.04 Å². The van der Waals surface area contributed by atoms with Crippen molar-refractivity contribution in [1.29, 1.82) is 0 Å². The molecule has 0 bridgehead atoms. The average molecular weight is 444 g/mol. The minimum atomic E-state index is -0.551. The summed E-state index contributed by atoms with van der Waals surface area (Å²) in [6.07, 6.45) is 0. The van der Waals surface area contributed by atoms with Crippen molar-refractivity contribution in [2.24, 2.45) is 0 Å². The molecule has 1 aliphatic rings. The second-order valence-electron chi connectivity index (χ2n) is 6.75. The number of rotatable bonds is 7. The number of thiocarbonyl (C=S) groups is 1. The molecule has 0 unspecified atom stereocenters. The zero-order valence-corrected chi connectivity index (χ0v) is 18.6. The quantitative estimate of drug-likeness (QED) is 0.484. The van der Waals surface area contributed by atoms with E-state index in [0.29, 0.717) is 51.5 Å². The van der Waals surface area contributed by atoms with Crippen molar-refractivity contribution in [2.45, 2.75) is 19.9 Å². The Balaban J connectivity index is 1.99. The van der Waals surface area contributed by atoms with Gasteiger partial charge in [-0.2, -0.15) is 0 Å². The molecular formula is C22H25N3O5S. The molecule has 1 aliphatic heterocycles. The van der Waals surface area contributed by atoms with Crippen LogP contribution in [0.2, 0.25) is 0 Å². The number of amides is 1. The first kappa shape index (κ1) is 22.2. The second kappa shape index (κ2) is 9.57. The van der Waals surface area contributed by atoms with Gasteiger partial charge in [-0.05, 0) is 55.9 Å². The van der Waals surface area contributed by atoms with E-state index in [1.807, 2.05) is 6.92 Å². The van der Waals surface area contributed by atoms with Crippen molar-refractivity contribution >= 4 is 28.9 Å². The Labute approximate surface area is 186 Å². The van der Waals surface area contributed by atoms with Crippen LogP contribution in [0.4, 0.5) is 5.69 Å². The van der Waals surface area contributed by atoms with Gasteiger partial charge in [0.05, 0.1) is 38.1 Å². The highest BCUT2D eigenvalue weighted by atomic mass is 32.1. The first-order valence-corrected chi connectivity index (χ1v) is 10.1. The molecule has 0 aromatic heterocycles. The molecule has 3 rings (SSSR count). The summed E-state index contributed by atoms with van der Waals surface area (Å²) in [7, 11) is 3.07. The molecule has 1 heterocycles. The van der Waals surface area contributed by atoms with E-state index >= 15 is 0 Å². The van der Waals surface area contributed by atoms with E-state index in [-0.39, 0.29) is 11.7 Å². The van der Waals surface area contributed by atoms with Crippen molar-refractivity contribution < 1.29 is 24.1 Å².